The molecule has 17 heavy (non-hydrogen) atoms. The molecule has 2 nitrogen and oxygen atoms in total. The van der Waals surface area contributed by atoms with Crippen molar-refractivity contribution in [1.82, 2.24) is 0 Å². The van der Waals surface area contributed by atoms with Crippen LogP contribution in [0.3, 0.4) is 0 Å². The molecule has 2 heteroatoms. The molecule has 0 amide bonds. The van der Waals surface area contributed by atoms with Gasteiger partial charge in [-0.15, -0.1) is 0 Å². The van der Waals surface area contributed by atoms with Crippen LogP contribution in [0, 0.1) is 0 Å². The minimum atomic E-state index is -0.256. The van der Waals surface area contributed by atoms with E-state index in [1.54, 1.807) is 6.08 Å². The minimum absolute atomic E-state index is 0.256. The maximum Gasteiger partial charge on any atom is 0.330 e. The van der Waals surface area contributed by atoms with Gasteiger partial charge in [-0.1, -0.05) is 37.5 Å². The molecule has 0 aliphatic carbocycles. The van der Waals surface area contributed by atoms with Crippen LogP contribution in [0.25, 0.3) is 0 Å². The van der Waals surface area contributed by atoms with Gasteiger partial charge in [0.15, 0.2) is 0 Å². The van der Waals surface area contributed by atoms with E-state index in [-0.39, 0.29) is 5.97 Å². The molecule has 0 unspecified atom stereocenters. The molecule has 0 aliphatic heterocycles. The molecule has 0 saturated heterocycles. The zero-order chi connectivity index (χ0) is 13.1. The van der Waals surface area contributed by atoms with Gasteiger partial charge in [0.1, 0.15) is 0 Å². The summed E-state index contributed by atoms with van der Waals surface area (Å²) in [5.74, 6) is -0.256. The van der Waals surface area contributed by atoms with Crippen LogP contribution < -0.4 is 0 Å². The Bertz CT molecular complexity index is 275. The first-order valence-corrected chi connectivity index (χ1v) is 6.57. The van der Waals surface area contributed by atoms with Crippen LogP contribution >= 0.6 is 0 Å². The average molecular weight is 238 g/mol. The van der Waals surface area contributed by atoms with Crippen LogP contribution in [0.4, 0.5) is 0 Å². The molecule has 0 aromatic heterocycles. The molecular weight excluding hydrogens is 212 g/mol. The first-order chi connectivity index (χ1) is 8.13. The molecule has 0 aromatic rings. The van der Waals surface area contributed by atoms with E-state index in [2.05, 4.69) is 24.7 Å². The zero-order valence-electron chi connectivity index (χ0n) is 11.7. The van der Waals surface area contributed by atoms with Crippen molar-refractivity contribution in [1.29, 1.82) is 0 Å². The van der Waals surface area contributed by atoms with Crippen molar-refractivity contribution in [3.05, 3.63) is 23.3 Å². The van der Waals surface area contributed by atoms with E-state index >= 15 is 0 Å². The van der Waals surface area contributed by atoms with Gasteiger partial charge in [-0.3, -0.25) is 0 Å². The lowest BCUT2D eigenvalue weighted by atomic mass is 10.0. The normalized spacial score (nSPS) is 12.7. The summed E-state index contributed by atoms with van der Waals surface area (Å²) in [5, 5.41) is 0. The Morgan fingerprint density at radius 3 is 2.47 bits per heavy atom. The van der Waals surface area contributed by atoms with Gasteiger partial charge in [0.2, 0.25) is 0 Å². The molecule has 0 heterocycles. The van der Waals surface area contributed by atoms with E-state index < -0.39 is 0 Å². The maximum absolute atomic E-state index is 11.0. The van der Waals surface area contributed by atoms with Crippen molar-refractivity contribution >= 4 is 5.97 Å². The number of hydrogen-bond acceptors (Lipinski definition) is 2. The largest absolute Gasteiger partial charge is 0.466 e. The molecule has 0 bridgehead atoms. The molecule has 0 spiro atoms. The van der Waals surface area contributed by atoms with Crippen LogP contribution in [0.5, 0.6) is 0 Å². The fourth-order valence-electron chi connectivity index (χ4n) is 1.66. The summed E-state index contributed by atoms with van der Waals surface area (Å²) in [6.45, 7) is 6.40. The smallest absolute Gasteiger partial charge is 0.330 e. The fourth-order valence-corrected chi connectivity index (χ4v) is 1.66. The van der Waals surface area contributed by atoms with E-state index in [9.17, 15) is 4.79 Å². The standard InChI is InChI=1S/C15H26O2/c1-5-7-10-14(6-2)11-8-9-13(3)12-15(16)17-4/h11-12H,5-10H2,1-4H3/b13-12+,14-11+. The third-order valence-electron chi connectivity index (χ3n) is 2.84. The first-order valence-electron chi connectivity index (χ1n) is 6.57. The number of esters is 1. The summed E-state index contributed by atoms with van der Waals surface area (Å²) in [4.78, 5) is 11.0. The SMILES string of the molecule is CCCC/C(=C/CC/C(C)=C/C(=O)OC)CC. The number of unbranched alkanes of at least 4 members (excludes halogenated alkanes) is 1. The summed E-state index contributed by atoms with van der Waals surface area (Å²) >= 11 is 0. The van der Waals surface area contributed by atoms with Crippen molar-refractivity contribution in [3.63, 3.8) is 0 Å². The van der Waals surface area contributed by atoms with E-state index in [4.69, 9.17) is 0 Å². The van der Waals surface area contributed by atoms with Gasteiger partial charge in [0.25, 0.3) is 0 Å². The molecule has 98 valence electrons. The van der Waals surface area contributed by atoms with E-state index in [1.165, 1.54) is 31.9 Å². The first kappa shape index (κ1) is 16.0. The number of carbonyl (C=O) groups is 1. The third-order valence-corrected chi connectivity index (χ3v) is 2.84. The number of ether oxygens (including phenoxy) is 1. The predicted molar refractivity (Wildman–Crippen MR) is 72.9 cm³/mol. The quantitative estimate of drug-likeness (QED) is 0.355. The van der Waals surface area contributed by atoms with Crippen molar-refractivity contribution in [3.8, 4) is 0 Å². The van der Waals surface area contributed by atoms with Gasteiger partial charge in [0, 0.05) is 6.08 Å². The number of rotatable bonds is 8. The molecule has 0 radical (unpaired) electrons. The Labute approximate surface area is 106 Å². The number of carbonyl (C=O) groups excluding carboxylic acids is 1. The predicted octanol–water partition coefficient (Wildman–Crippen LogP) is 4.41. The Kier molecular flexibility index (Phi) is 9.50. The monoisotopic (exact) mass is 238 g/mol. The fraction of sp³-hybridized carbons (Fsp3) is 0.667. The summed E-state index contributed by atoms with van der Waals surface area (Å²) in [5.41, 5.74) is 2.62. The highest BCUT2D eigenvalue weighted by Gasteiger charge is 1.97. The maximum atomic E-state index is 11.0. The summed E-state index contributed by atoms with van der Waals surface area (Å²) in [6.07, 6.45) is 10.7. The second kappa shape index (κ2) is 10.1. The van der Waals surface area contributed by atoms with E-state index in [0.29, 0.717) is 0 Å². The molecule has 0 atom stereocenters. The highest BCUT2D eigenvalue weighted by Crippen LogP contribution is 2.14. The Balaban J connectivity index is 4.05. The number of allylic oxidation sites excluding steroid dienone is 3. The van der Waals surface area contributed by atoms with Gasteiger partial charge >= 0.3 is 5.97 Å². The summed E-state index contributed by atoms with van der Waals surface area (Å²) < 4.78 is 4.59. The minimum Gasteiger partial charge on any atom is -0.466 e. The molecule has 0 rings (SSSR count). The molecular formula is C15H26O2. The molecule has 0 fully saturated rings. The molecule has 0 N–H and O–H groups in total. The molecule has 0 aliphatic rings. The van der Waals surface area contributed by atoms with Gasteiger partial charge in [-0.2, -0.15) is 0 Å². The van der Waals surface area contributed by atoms with Crippen LogP contribution in [-0.4, -0.2) is 13.1 Å². The Morgan fingerprint density at radius 2 is 1.94 bits per heavy atom. The third kappa shape index (κ3) is 8.73. The Hall–Kier alpha value is -1.05. The second-order valence-corrected chi connectivity index (χ2v) is 4.37. The van der Waals surface area contributed by atoms with Gasteiger partial charge in [-0.05, 0) is 39.0 Å². The van der Waals surface area contributed by atoms with Crippen LogP contribution in [0.15, 0.2) is 23.3 Å². The number of hydrogen-bond donors (Lipinski definition) is 0. The summed E-state index contributed by atoms with van der Waals surface area (Å²) in [7, 11) is 1.41. The van der Waals surface area contributed by atoms with E-state index in [1.807, 2.05) is 6.92 Å². The van der Waals surface area contributed by atoms with E-state index in [0.717, 1.165) is 24.8 Å². The van der Waals surface area contributed by atoms with Crippen molar-refractivity contribution in [2.75, 3.05) is 7.11 Å². The van der Waals surface area contributed by atoms with Gasteiger partial charge < -0.3 is 4.74 Å². The lowest BCUT2D eigenvalue weighted by molar-refractivity contribution is -0.134. The Morgan fingerprint density at radius 1 is 1.24 bits per heavy atom. The zero-order valence-corrected chi connectivity index (χ0v) is 11.7. The highest BCUT2D eigenvalue weighted by molar-refractivity contribution is 5.82. The topological polar surface area (TPSA) is 26.3 Å². The van der Waals surface area contributed by atoms with Gasteiger partial charge in [-0.25, -0.2) is 4.79 Å². The number of methoxy groups -OCH3 is 1. The van der Waals surface area contributed by atoms with Crippen LogP contribution in [-0.2, 0) is 9.53 Å². The molecule has 0 aromatic carbocycles. The van der Waals surface area contributed by atoms with Crippen molar-refractivity contribution < 1.29 is 9.53 Å². The van der Waals surface area contributed by atoms with Crippen LogP contribution in [0.1, 0.15) is 59.3 Å². The second-order valence-electron chi connectivity index (χ2n) is 4.37. The molecule has 0 saturated carbocycles. The van der Waals surface area contributed by atoms with Gasteiger partial charge in [0.05, 0.1) is 7.11 Å². The lowest BCUT2D eigenvalue weighted by Gasteiger charge is -2.04. The average Bonchev–Trinajstić information content (AvgIpc) is 2.33. The lowest BCUT2D eigenvalue weighted by Crippen LogP contribution is -1.95. The van der Waals surface area contributed by atoms with Crippen LogP contribution in [0.2, 0.25) is 0 Å². The summed E-state index contributed by atoms with van der Waals surface area (Å²) in [6, 6.07) is 0. The highest BCUT2D eigenvalue weighted by atomic mass is 16.5. The van der Waals surface area contributed by atoms with Crippen molar-refractivity contribution in [2.45, 2.75) is 59.3 Å². The van der Waals surface area contributed by atoms with Crippen molar-refractivity contribution in [2.24, 2.45) is 0 Å².